The van der Waals surface area contributed by atoms with E-state index in [0.29, 0.717) is 6.54 Å². The van der Waals surface area contributed by atoms with Crippen LogP contribution < -0.4 is 10.9 Å². The molecule has 0 aliphatic heterocycles. The van der Waals surface area contributed by atoms with Crippen molar-refractivity contribution in [2.24, 2.45) is 0 Å². The summed E-state index contributed by atoms with van der Waals surface area (Å²) >= 11 is 0. The molecule has 0 unspecified atom stereocenters. The molecule has 1 aromatic rings. The molecule has 4 nitrogen and oxygen atoms in total. The van der Waals surface area contributed by atoms with Crippen LogP contribution in [0, 0.1) is 6.92 Å². The molecule has 1 rings (SSSR count). The van der Waals surface area contributed by atoms with Crippen molar-refractivity contribution in [3.05, 3.63) is 34.2 Å². The summed E-state index contributed by atoms with van der Waals surface area (Å²) in [5, 5.41) is 2.78. The van der Waals surface area contributed by atoms with Crippen molar-refractivity contribution in [1.29, 1.82) is 0 Å². The van der Waals surface area contributed by atoms with Gasteiger partial charge in [-0.05, 0) is 25.0 Å². The van der Waals surface area contributed by atoms with Crippen LogP contribution in [0.25, 0.3) is 0 Å². The number of unbranched alkanes of at least 4 members (excludes halogenated alkanes) is 1. The third-order valence-electron chi connectivity index (χ3n) is 2.32. The average molecular weight is 222 g/mol. The van der Waals surface area contributed by atoms with Crippen LogP contribution >= 0.6 is 0 Å². The highest BCUT2D eigenvalue weighted by Crippen LogP contribution is 1.91. The van der Waals surface area contributed by atoms with Crippen molar-refractivity contribution >= 4 is 5.91 Å². The molecule has 1 aromatic heterocycles. The first kappa shape index (κ1) is 12.5. The summed E-state index contributed by atoms with van der Waals surface area (Å²) < 4.78 is 1.41. The Morgan fingerprint density at radius 2 is 2.25 bits per heavy atom. The standard InChI is InChI=1S/C12H18N2O2/c1-3-4-6-13-11(15)9-14-7-5-10(2)8-12(14)16/h5,7-8H,3-4,6,9H2,1-2H3,(H,13,15). The fraction of sp³-hybridized carbons (Fsp3) is 0.500. The zero-order valence-electron chi connectivity index (χ0n) is 9.82. The van der Waals surface area contributed by atoms with Crippen LogP contribution in [0.4, 0.5) is 0 Å². The van der Waals surface area contributed by atoms with E-state index in [-0.39, 0.29) is 18.0 Å². The van der Waals surface area contributed by atoms with Gasteiger partial charge in [-0.3, -0.25) is 9.59 Å². The number of rotatable bonds is 5. The molecule has 0 aliphatic rings. The van der Waals surface area contributed by atoms with E-state index in [1.807, 2.05) is 13.0 Å². The summed E-state index contributed by atoms with van der Waals surface area (Å²) in [7, 11) is 0. The van der Waals surface area contributed by atoms with E-state index in [4.69, 9.17) is 0 Å². The highest BCUT2D eigenvalue weighted by atomic mass is 16.2. The maximum Gasteiger partial charge on any atom is 0.251 e. The van der Waals surface area contributed by atoms with Gasteiger partial charge in [0.05, 0.1) is 0 Å². The van der Waals surface area contributed by atoms with Gasteiger partial charge in [0.25, 0.3) is 5.56 Å². The smallest absolute Gasteiger partial charge is 0.251 e. The monoisotopic (exact) mass is 222 g/mol. The van der Waals surface area contributed by atoms with Gasteiger partial charge in [0.15, 0.2) is 0 Å². The number of aromatic nitrogens is 1. The molecule has 0 saturated heterocycles. The van der Waals surface area contributed by atoms with Gasteiger partial charge in [-0.15, -0.1) is 0 Å². The SMILES string of the molecule is CCCCNC(=O)Cn1ccc(C)cc1=O. The molecule has 16 heavy (non-hydrogen) atoms. The molecule has 1 heterocycles. The normalized spacial score (nSPS) is 10.1. The van der Waals surface area contributed by atoms with E-state index < -0.39 is 0 Å². The summed E-state index contributed by atoms with van der Waals surface area (Å²) in [6.07, 6.45) is 3.66. The number of carbonyl (C=O) groups excluding carboxylic acids is 1. The van der Waals surface area contributed by atoms with Crippen LogP contribution in [0.5, 0.6) is 0 Å². The zero-order valence-corrected chi connectivity index (χ0v) is 9.82. The lowest BCUT2D eigenvalue weighted by molar-refractivity contribution is -0.121. The van der Waals surface area contributed by atoms with Crippen LogP contribution in [0.15, 0.2) is 23.1 Å². The Morgan fingerprint density at radius 1 is 1.50 bits per heavy atom. The first-order valence-electron chi connectivity index (χ1n) is 5.57. The van der Waals surface area contributed by atoms with Gasteiger partial charge in [-0.25, -0.2) is 0 Å². The molecule has 0 aliphatic carbocycles. The largest absolute Gasteiger partial charge is 0.355 e. The van der Waals surface area contributed by atoms with Crippen LogP contribution in [0.1, 0.15) is 25.3 Å². The molecule has 0 fully saturated rings. The molecular weight excluding hydrogens is 204 g/mol. The van der Waals surface area contributed by atoms with Crippen LogP contribution in [0.3, 0.4) is 0 Å². The minimum absolute atomic E-state index is 0.100. The molecule has 0 spiro atoms. The highest BCUT2D eigenvalue weighted by Gasteiger charge is 2.03. The Bertz CT molecular complexity index is 410. The van der Waals surface area contributed by atoms with Crippen LogP contribution in [-0.4, -0.2) is 17.0 Å². The number of hydrogen-bond donors (Lipinski definition) is 1. The van der Waals surface area contributed by atoms with E-state index >= 15 is 0 Å². The van der Waals surface area contributed by atoms with Crippen molar-refractivity contribution in [3.63, 3.8) is 0 Å². The zero-order chi connectivity index (χ0) is 12.0. The van der Waals surface area contributed by atoms with Crippen molar-refractivity contribution in [1.82, 2.24) is 9.88 Å². The topological polar surface area (TPSA) is 51.1 Å². The summed E-state index contributed by atoms with van der Waals surface area (Å²) in [6.45, 7) is 4.70. The molecule has 1 N–H and O–H groups in total. The van der Waals surface area contributed by atoms with E-state index in [0.717, 1.165) is 18.4 Å². The molecule has 0 atom stereocenters. The first-order valence-corrected chi connectivity index (χ1v) is 5.57. The molecule has 0 saturated carbocycles. The number of pyridine rings is 1. The highest BCUT2D eigenvalue weighted by molar-refractivity contribution is 5.75. The van der Waals surface area contributed by atoms with E-state index in [9.17, 15) is 9.59 Å². The quantitative estimate of drug-likeness (QED) is 0.758. The lowest BCUT2D eigenvalue weighted by atomic mass is 10.3. The molecule has 88 valence electrons. The van der Waals surface area contributed by atoms with Crippen molar-refractivity contribution in [2.75, 3.05) is 6.54 Å². The first-order chi connectivity index (χ1) is 7.63. The van der Waals surface area contributed by atoms with Gasteiger partial charge in [0.2, 0.25) is 5.91 Å². The number of carbonyl (C=O) groups is 1. The second-order valence-corrected chi connectivity index (χ2v) is 3.87. The summed E-state index contributed by atoms with van der Waals surface area (Å²) in [4.78, 5) is 22.9. The maximum atomic E-state index is 11.5. The Morgan fingerprint density at radius 3 is 2.88 bits per heavy atom. The fourth-order valence-corrected chi connectivity index (χ4v) is 1.35. The van der Waals surface area contributed by atoms with Gasteiger partial charge < -0.3 is 9.88 Å². The number of nitrogens with zero attached hydrogens (tertiary/aromatic N) is 1. The van der Waals surface area contributed by atoms with Gasteiger partial charge >= 0.3 is 0 Å². The molecule has 0 aromatic carbocycles. The Kier molecular flexibility index (Phi) is 4.76. The number of hydrogen-bond acceptors (Lipinski definition) is 2. The third-order valence-corrected chi connectivity index (χ3v) is 2.32. The van der Waals surface area contributed by atoms with Crippen LogP contribution in [0.2, 0.25) is 0 Å². The van der Waals surface area contributed by atoms with Gasteiger partial charge in [0, 0.05) is 18.8 Å². The van der Waals surface area contributed by atoms with Gasteiger partial charge in [-0.1, -0.05) is 13.3 Å². The van der Waals surface area contributed by atoms with E-state index in [1.165, 1.54) is 10.6 Å². The Balaban J connectivity index is 2.53. The van der Waals surface area contributed by atoms with Gasteiger partial charge in [0.1, 0.15) is 6.54 Å². The number of amides is 1. The number of nitrogens with one attached hydrogen (secondary N) is 1. The Hall–Kier alpha value is -1.58. The van der Waals surface area contributed by atoms with E-state index in [1.54, 1.807) is 6.20 Å². The predicted molar refractivity (Wildman–Crippen MR) is 63.4 cm³/mol. The third kappa shape index (κ3) is 3.88. The van der Waals surface area contributed by atoms with E-state index in [2.05, 4.69) is 12.2 Å². The second-order valence-electron chi connectivity index (χ2n) is 3.87. The molecular formula is C12H18N2O2. The predicted octanol–water partition coefficient (Wildman–Crippen LogP) is 1.07. The fourth-order valence-electron chi connectivity index (χ4n) is 1.35. The lowest BCUT2D eigenvalue weighted by Gasteiger charge is -2.06. The lowest BCUT2D eigenvalue weighted by Crippen LogP contribution is -2.32. The average Bonchev–Trinajstić information content (AvgIpc) is 2.23. The summed E-state index contributed by atoms with van der Waals surface area (Å²) in [5.41, 5.74) is 0.776. The Labute approximate surface area is 95.3 Å². The minimum atomic E-state index is -0.134. The molecule has 1 amide bonds. The van der Waals surface area contributed by atoms with Crippen molar-refractivity contribution < 1.29 is 4.79 Å². The minimum Gasteiger partial charge on any atom is -0.355 e. The molecule has 0 bridgehead atoms. The van der Waals surface area contributed by atoms with Crippen molar-refractivity contribution in [2.45, 2.75) is 33.2 Å². The second kappa shape index (κ2) is 6.10. The number of aryl methyl sites for hydroxylation is 1. The van der Waals surface area contributed by atoms with Crippen LogP contribution in [-0.2, 0) is 11.3 Å². The molecule has 0 radical (unpaired) electrons. The van der Waals surface area contributed by atoms with Gasteiger partial charge in [-0.2, -0.15) is 0 Å². The summed E-state index contributed by atoms with van der Waals surface area (Å²) in [6, 6.07) is 3.35. The summed E-state index contributed by atoms with van der Waals surface area (Å²) in [5.74, 6) is -0.112. The molecule has 4 heteroatoms. The maximum absolute atomic E-state index is 11.5. The van der Waals surface area contributed by atoms with Crippen molar-refractivity contribution in [3.8, 4) is 0 Å².